The molecule has 1 aromatic carbocycles. The minimum Gasteiger partial charge on any atom is -0.497 e. The lowest BCUT2D eigenvalue weighted by Gasteiger charge is -2.08. The number of fused-ring (bicyclic) bond motifs is 1. The Bertz CT molecular complexity index is 540. The highest BCUT2D eigenvalue weighted by Crippen LogP contribution is 2.27. The number of pyridine rings is 1. The van der Waals surface area contributed by atoms with E-state index in [1.165, 1.54) is 7.11 Å². The molecule has 2 N–H and O–H groups in total. The average Bonchev–Trinajstić information content (AvgIpc) is 2.28. The van der Waals surface area contributed by atoms with E-state index in [1.54, 1.807) is 24.4 Å². The number of carbonyl (C=O) groups is 1. The molecular weight excluding hydrogens is 208 g/mol. The molecule has 0 atom stereocenters. The minimum absolute atomic E-state index is 0.419. The fourth-order valence-corrected chi connectivity index (χ4v) is 1.49. The van der Waals surface area contributed by atoms with Crippen LogP contribution in [0.3, 0.4) is 0 Å². The molecule has 2 rings (SSSR count). The fraction of sp³-hybridized carbons (Fsp3) is 0.0909. The molecule has 5 nitrogen and oxygen atoms in total. The van der Waals surface area contributed by atoms with Crippen LogP contribution in [0.1, 0.15) is 0 Å². The van der Waals surface area contributed by atoms with Crippen LogP contribution in [-0.2, 0) is 0 Å². The van der Waals surface area contributed by atoms with Crippen LogP contribution in [-0.4, -0.2) is 23.3 Å². The molecule has 0 aliphatic carbocycles. The smallest absolute Gasteiger partial charge is 0.409 e. The van der Waals surface area contributed by atoms with Crippen LogP contribution < -0.4 is 10.1 Å². The molecule has 1 aromatic heterocycles. The zero-order chi connectivity index (χ0) is 11.5. The van der Waals surface area contributed by atoms with Crippen molar-refractivity contribution >= 4 is 22.7 Å². The number of rotatable bonds is 2. The van der Waals surface area contributed by atoms with Gasteiger partial charge >= 0.3 is 6.09 Å². The maximum absolute atomic E-state index is 10.6. The lowest BCUT2D eigenvalue weighted by molar-refractivity contribution is 0.210. The normalized spacial score (nSPS) is 10.1. The van der Waals surface area contributed by atoms with Gasteiger partial charge in [-0.3, -0.25) is 10.3 Å². The number of ether oxygens (including phenoxy) is 1. The van der Waals surface area contributed by atoms with Crippen molar-refractivity contribution < 1.29 is 14.6 Å². The number of carboxylic acid groups (broad SMARTS) is 1. The SMILES string of the molecule is COc1cc(NC(=O)O)c2ncccc2c1. The van der Waals surface area contributed by atoms with E-state index in [9.17, 15) is 4.79 Å². The first-order valence-electron chi connectivity index (χ1n) is 4.63. The quantitative estimate of drug-likeness (QED) is 0.811. The summed E-state index contributed by atoms with van der Waals surface area (Å²) >= 11 is 0. The third kappa shape index (κ3) is 1.88. The van der Waals surface area contributed by atoms with Gasteiger partial charge in [-0.15, -0.1) is 0 Å². The molecule has 0 saturated heterocycles. The maximum atomic E-state index is 10.6. The maximum Gasteiger partial charge on any atom is 0.409 e. The molecule has 5 heteroatoms. The van der Waals surface area contributed by atoms with E-state index in [2.05, 4.69) is 10.3 Å². The molecule has 0 aliphatic heterocycles. The van der Waals surface area contributed by atoms with E-state index in [0.29, 0.717) is 17.0 Å². The Morgan fingerprint density at radius 3 is 3.00 bits per heavy atom. The lowest BCUT2D eigenvalue weighted by Crippen LogP contribution is -2.08. The van der Waals surface area contributed by atoms with Crippen LogP contribution in [0.5, 0.6) is 5.75 Å². The van der Waals surface area contributed by atoms with Crippen molar-refractivity contribution in [3.8, 4) is 5.75 Å². The summed E-state index contributed by atoms with van der Waals surface area (Å²) in [5, 5.41) is 11.8. The van der Waals surface area contributed by atoms with E-state index in [1.807, 2.05) is 6.07 Å². The van der Waals surface area contributed by atoms with Gasteiger partial charge in [0.05, 0.1) is 18.3 Å². The van der Waals surface area contributed by atoms with Gasteiger partial charge in [-0.1, -0.05) is 6.07 Å². The van der Waals surface area contributed by atoms with Gasteiger partial charge < -0.3 is 9.84 Å². The zero-order valence-corrected chi connectivity index (χ0v) is 8.60. The Morgan fingerprint density at radius 1 is 1.50 bits per heavy atom. The number of nitrogens with one attached hydrogen (secondary N) is 1. The molecule has 1 heterocycles. The van der Waals surface area contributed by atoms with Crippen molar-refractivity contribution in [1.82, 2.24) is 4.98 Å². The van der Waals surface area contributed by atoms with Gasteiger partial charge in [-0.2, -0.15) is 0 Å². The van der Waals surface area contributed by atoms with E-state index >= 15 is 0 Å². The second kappa shape index (κ2) is 4.06. The van der Waals surface area contributed by atoms with Crippen molar-refractivity contribution in [2.75, 3.05) is 12.4 Å². The highest BCUT2D eigenvalue weighted by atomic mass is 16.5. The first kappa shape index (κ1) is 10.2. The van der Waals surface area contributed by atoms with Crippen LogP contribution in [0, 0.1) is 0 Å². The van der Waals surface area contributed by atoms with Crippen LogP contribution in [0.4, 0.5) is 10.5 Å². The molecule has 0 saturated carbocycles. The summed E-state index contributed by atoms with van der Waals surface area (Å²) < 4.78 is 5.08. The van der Waals surface area contributed by atoms with Gasteiger partial charge in [-0.25, -0.2) is 4.79 Å². The Balaban J connectivity index is 2.63. The molecule has 0 bridgehead atoms. The number of benzene rings is 1. The number of amides is 1. The van der Waals surface area contributed by atoms with Gasteiger partial charge in [0.25, 0.3) is 0 Å². The molecule has 0 aliphatic rings. The van der Waals surface area contributed by atoms with Gasteiger partial charge in [0.2, 0.25) is 0 Å². The second-order valence-corrected chi connectivity index (χ2v) is 3.18. The molecule has 16 heavy (non-hydrogen) atoms. The average molecular weight is 218 g/mol. The topological polar surface area (TPSA) is 71.5 Å². The van der Waals surface area contributed by atoms with Crippen LogP contribution in [0.15, 0.2) is 30.5 Å². The van der Waals surface area contributed by atoms with Gasteiger partial charge in [0.1, 0.15) is 5.75 Å². The number of hydrogen-bond acceptors (Lipinski definition) is 3. The molecule has 82 valence electrons. The highest BCUT2D eigenvalue weighted by Gasteiger charge is 2.07. The van der Waals surface area contributed by atoms with Crippen LogP contribution >= 0.6 is 0 Å². The molecule has 0 fully saturated rings. The summed E-state index contributed by atoms with van der Waals surface area (Å²) in [5.41, 5.74) is 1.02. The zero-order valence-electron chi connectivity index (χ0n) is 8.60. The highest BCUT2D eigenvalue weighted by molar-refractivity contribution is 5.98. The minimum atomic E-state index is -1.12. The van der Waals surface area contributed by atoms with Crippen LogP contribution in [0.2, 0.25) is 0 Å². The molecule has 0 unspecified atom stereocenters. The molecular formula is C11H10N2O3. The molecule has 0 radical (unpaired) electrons. The second-order valence-electron chi connectivity index (χ2n) is 3.18. The van der Waals surface area contributed by atoms with Crippen molar-refractivity contribution in [3.63, 3.8) is 0 Å². The number of aromatic nitrogens is 1. The first-order chi connectivity index (χ1) is 7.70. The Labute approximate surface area is 91.7 Å². The number of hydrogen-bond donors (Lipinski definition) is 2. The Kier molecular flexibility index (Phi) is 2.59. The summed E-state index contributed by atoms with van der Waals surface area (Å²) in [6, 6.07) is 7.03. The van der Waals surface area contributed by atoms with Crippen molar-refractivity contribution in [2.24, 2.45) is 0 Å². The predicted octanol–water partition coefficient (Wildman–Crippen LogP) is 2.33. The fourth-order valence-electron chi connectivity index (χ4n) is 1.49. The van der Waals surface area contributed by atoms with E-state index in [-0.39, 0.29) is 0 Å². The van der Waals surface area contributed by atoms with Crippen molar-refractivity contribution in [3.05, 3.63) is 30.5 Å². The summed E-state index contributed by atoms with van der Waals surface area (Å²) in [6.45, 7) is 0. The predicted molar refractivity (Wildman–Crippen MR) is 59.9 cm³/mol. The Morgan fingerprint density at radius 2 is 2.31 bits per heavy atom. The van der Waals surface area contributed by atoms with Gasteiger partial charge in [0.15, 0.2) is 0 Å². The van der Waals surface area contributed by atoms with E-state index in [0.717, 1.165) is 5.39 Å². The van der Waals surface area contributed by atoms with Crippen molar-refractivity contribution in [2.45, 2.75) is 0 Å². The van der Waals surface area contributed by atoms with Gasteiger partial charge in [0, 0.05) is 17.6 Å². The lowest BCUT2D eigenvalue weighted by atomic mass is 10.2. The first-order valence-corrected chi connectivity index (χ1v) is 4.63. The summed E-state index contributed by atoms with van der Waals surface area (Å²) in [4.78, 5) is 14.8. The van der Waals surface area contributed by atoms with E-state index in [4.69, 9.17) is 9.84 Å². The number of anilines is 1. The Hall–Kier alpha value is -2.30. The monoisotopic (exact) mass is 218 g/mol. The van der Waals surface area contributed by atoms with Gasteiger partial charge in [-0.05, 0) is 12.1 Å². The van der Waals surface area contributed by atoms with Crippen molar-refractivity contribution in [1.29, 1.82) is 0 Å². The largest absolute Gasteiger partial charge is 0.497 e. The number of methoxy groups -OCH3 is 1. The molecule has 2 aromatic rings. The summed E-state index contributed by atoms with van der Waals surface area (Å²) in [6.07, 6.45) is 0.488. The van der Waals surface area contributed by atoms with Crippen LogP contribution in [0.25, 0.3) is 10.9 Å². The third-order valence-corrected chi connectivity index (χ3v) is 2.16. The summed E-state index contributed by atoms with van der Waals surface area (Å²) in [7, 11) is 1.53. The molecule has 1 amide bonds. The molecule has 0 spiro atoms. The standard InChI is InChI=1S/C11H10N2O3/c1-16-8-5-7-3-2-4-12-10(7)9(6-8)13-11(14)15/h2-6,13H,1H3,(H,14,15). The third-order valence-electron chi connectivity index (χ3n) is 2.16. The van der Waals surface area contributed by atoms with E-state index < -0.39 is 6.09 Å². The number of nitrogens with zero attached hydrogens (tertiary/aromatic N) is 1. The summed E-state index contributed by atoms with van der Waals surface area (Å²) in [5.74, 6) is 0.587.